The molecule has 3 N–H and O–H groups in total. The van der Waals surface area contributed by atoms with Gasteiger partial charge < -0.3 is 30.1 Å². The molecule has 0 bridgehead atoms. The summed E-state index contributed by atoms with van der Waals surface area (Å²) in [5.74, 6) is 8.28. The van der Waals surface area contributed by atoms with Gasteiger partial charge in [-0.15, -0.1) is 10.2 Å². The zero-order chi connectivity index (χ0) is 27.9. The summed E-state index contributed by atoms with van der Waals surface area (Å²) in [5.41, 5.74) is 8.29. The maximum atomic E-state index is 10.3. The van der Waals surface area contributed by atoms with Crippen molar-refractivity contribution in [3.05, 3.63) is 48.4 Å². The molecule has 2 saturated heterocycles. The number of para-hydroxylation sites is 1. The van der Waals surface area contributed by atoms with Gasteiger partial charge in [-0.3, -0.25) is 4.90 Å². The Morgan fingerprint density at radius 2 is 2.02 bits per heavy atom. The molecule has 4 heterocycles. The molecule has 2 atom stereocenters. The van der Waals surface area contributed by atoms with Gasteiger partial charge in [0.1, 0.15) is 11.6 Å². The van der Waals surface area contributed by atoms with Gasteiger partial charge in [-0.2, -0.15) is 0 Å². The molecule has 3 aromatic rings. The van der Waals surface area contributed by atoms with Crippen LogP contribution in [0.25, 0.3) is 11.3 Å². The van der Waals surface area contributed by atoms with Crippen molar-refractivity contribution in [3.8, 4) is 28.8 Å². The van der Waals surface area contributed by atoms with Crippen LogP contribution < -0.4 is 15.5 Å². The van der Waals surface area contributed by atoms with Crippen molar-refractivity contribution >= 4 is 17.3 Å². The molecule has 2 aromatic heterocycles. The number of hydrogen-bond donors (Lipinski definition) is 2. The van der Waals surface area contributed by atoms with Crippen LogP contribution in [-0.4, -0.2) is 102 Å². The van der Waals surface area contributed by atoms with Crippen molar-refractivity contribution in [3.63, 3.8) is 0 Å². The minimum Gasteiger partial charge on any atom is -0.507 e. The van der Waals surface area contributed by atoms with Crippen molar-refractivity contribution in [1.82, 2.24) is 25.1 Å². The number of nitrogen functional groups attached to an aromatic ring is 1. The fourth-order valence-electron chi connectivity index (χ4n) is 5.14. The number of phenols is 1. The summed E-state index contributed by atoms with van der Waals surface area (Å²) >= 11 is 0. The fraction of sp³-hybridized carbons (Fsp3) is 0.448. The fourth-order valence-corrected chi connectivity index (χ4v) is 5.14. The lowest BCUT2D eigenvalue weighted by Crippen LogP contribution is -2.47. The van der Waals surface area contributed by atoms with Crippen LogP contribution in [0.2, 0.25) is 0 Å². The predicted molar refractivity (Wildman–Crippen MR) is 154 cm³/mol. The normalized spacial score (nSPS) is 20.1. The lowest BCUT2D eigenvalue weighted by Gasteiger charge is -2.33. The topological polar surface area (TPSA) is 126 Å². The van der Waals surface area contributed by atoms with Gasteiger partial charge >= 0.3 is 0 Å². The van der Waals surface area contributed by atoms with Gasteiger partial charge in [0.15, 0.2) is 5.82 Å². The molecule has 0 aliphatic carbocycles. The van der Waals surface area contributed by atoms with Crippen LogP contribution >= 0.6 is 0 Å². The van der Waals surface area contributed by atoms with Crippen molar-refractivity contribution in [2.24, 2.45) is 0 Å². The summed E-state index contributed by atoms with van der Waals surface area (Å²) in [5, 5.41) is 18.7. The van der Waals surface area contributed by atoms with Gasteiger partial charge in [0, 0.05) is 51.1 Å². The van der Waals surface area contributed by atoms with Gasteiger partial charge in [-0.25, -0.2) is 9.97 Å². The van der Waals surface area contributed by atoms with Crippen molar-refractivity contribution in [1.29, 1.82) is 0 Å². The maximum absolute atomic E-state index is 10.3. The molecule has 0 spiro atoms. The number of phenolic OH excluding ortho intramolecular Hbond substituents is 1. The van der Waals surface area contributed by atoms with E-state index >= 15 is 0 Å². The van der Waals surface area contributed by atoms with E-state index in [1.165, 1.54) is 0 Å². The molecule has 0 unspecified atom stereocenters. The van der Waals surface area contributed by atoms with E-state index in [0.29, 0.717) is 49.3 Å². The SMILES string of the molecule is COC[C@H]1COCCN1CC#Cc1nccc(N2CCN(c3cc(-c4ccccc4O)nnc3N)CC[C@H]2C)n1. The van der Waals surface area contributed by atoms with Gasteiger partial charge in [-0.05, 0) is 43.5 Å². The molecule has 0 radical (unpaired) electrons. The lowest BCUT2D eigenvalue weighted by atomic mass is 10.1. The Kier molecular flexibility index (Phi) is 8.91. The van der Waals surface area contributed by atoms with Crippen LogP contribution in [-0.2, 0) is 9.47 Å². The van der Waals surface area contributed by atoms with Gasteiger partial charge in [-0.1, -0.05) is 18.1 Å². The number of aromatic nitrogens is 4. The van der Waals surface area contributed by atoms with Crippen LogP contribution in [0.1, 0.15) is 19.2 Å². The summed E-state index contributed by atoms with van der Waals surface area (Å²) < 4.78 is 10.9. The van der Waals surface area contributed by atoms with Gasteiger partial charge in [0.2, 0.25) is 5.82 Å². The third-order valence-corrected chi connectivity index (χ3v) is 7.41. The molecule has 0 saturated carbocycles. The third kappa shape index (κ3) is 6.42. The zero-order valence-corrected chi connectivity index (χ0v) is 23.0. The first-order valence-electron chi connectivity index (χ1n) is 13.6. The molecular formula is C29H36N8O3. The van der Waals surface area contributed by atoms with Crippen molar-refractivity contribution in [2.75, 3.05) is 75.2 Å². The van der Waals surface area contributed by atoms with E-state index in [9.17, 15) is 5.11 Å². The van der Waals surface area contributed by atoms with E-state index in [-0.39, 0.29) is 17.8 Å². The number of hydrogen-bond acceptors (Lipinski definition) is 11. The number of morpholine rings is 1. The van der Waals surface area contributed by atoms with Crippen molar-refractivity contribution in [2.45, 2.75) is 25.4 Å². The summed E-state index contributed by atoms with van der Waals surface area (Å²) in [6, 6.07) is 11.4. The molecule has 11 nitrogen and oxygen atoms in total. The second-order valence-corrected chi connectivity index (χ2v) is 10.0. The number of methoxy groups -OCH3 is 1. The van der Waals surface area contributed by atoms with E-state index in [1.54, 1.807) is 25.4 Å². The first-order valence-corrected chi connectivity index (χ1v) is 13.6. The number of nitrogens with zero attached hydrogens (tertiary/aromatic N) is 7. The second-order valence-electron chi connectivity index (χ2n) is 10.0. The minimum absolute atomic E-state index is 0.158. The Hall–Kier alpha value is -3.98. The van der Waals surface area contributed by atoms with E-state index in [4.69, 9.17) is 20.2 Å². The Labute approximate surface area is 234 Å². The predicted octanol–water partition coefficient (Wildman–Crippen LogP) is 2.03. The number of anilines is 3. The molecule has 40 heavy (non-hydrogen) atoms. The molecule has 1 aromatic carbocycles. The van der Waals surface area contributed by atoms with E-state index in [1.807, 2.05) is 24.3 Å². The monoisotopic (exact) mass is 544 g/mol. The van der Waals surface area contributed by atoms with E-state index in [2.05, 4.69) is 48.6 Å². The molecular weight excluding hydrogens is 508 g/mol. The first-order chi connectivity index (χ1) is 19.5. The third-order valence-electron chi connectivity index (χ3n) is 7.41. The molecule has 5 rings (SSSR count). The Morgan fingerprint density at radius 3 is 2.88 bits per heavy atom. The average molecular weight is 545 g/mol. The van der Waals surface area contributed by atoms with Crippen LogP contribution in [0.4, 0.5) is 17.3 Å². The largest absolute Gasteiger partial charge is 0.507 e. The smallest absolute Gasteiger partial charge is 0.206 e. The van der Waals surface area contributed by atoms with Crippen LogP contribution in [0.5, 0.6) is 5.75 Å². The molecule has 210 valence electrons. The van der Waals surface area contributed by atoms with Gasteiger partial charge in [0.05, 0.1) is 43.8 Å². The lowest BCUT2D eigenvalue weighted by molar-refractivity contribution is -0.0290. The maximum Gasteiger partial charge on any atom is 0.206 e. The Balaban J connectivity index is 1.28. The molecule has 2 aliphatic heterocycles. The molecule has 2 fully saturated rings. The van der Waals surface area contributed by atoms with Crippen molar-refractivity contribution < 1.29 is 14.6 Å². The minimum atomic E-state index is 0.158. The summed E-state index contributed by atoms with van der Waals surface area (Å²) in [6.07, 6.45) is 2.67. The number of aromatic hydroxyl groups is 1. The van der Waals surface area contributed by atoms with E-state index < -0.39 is 0 Å². The number of ether oxygens (including phenoxy) is 2. The Bertz CT molecular complexity index is 1360. The van der Waals surface area contributed by atoms with Gasteiger partial charge in [0.25, 0.3) is 0 Å². The summed E-state index contributed by atoms with van der Waals surface area (Å²) in [6.45, 7) is 7.89. The van der Waals surface area contributed by atoms with E-state index in [0.717, 1.165) is 44.1 Å². The van der Waals surface area contributed by atoms with Crippen LogP contribution in [0.15, 0.2) is 42.6 Å². The molecule has 2 aliphatic rings. The highest BCUT2D eigenvalue weighted by molar-refractivity contribution is 5.74. The molecule has 0 amide bonds. The van der Waals surface area contributed by atoms with Crippen LogP contribution in [0.3, 0.4) is 0 Å². The number of rotatable bonds is 6. The zero-order valence-electron chi connectivity index (χ0n) is 23.0. The highest BCUT2D eigenvalue weighted by atomic mass is 16.5. The van der Waals surface area contributed by atoms with Crippen LogP contribution in [0, 0.1) is 11.8 Å². The number of nitrogens with two attached hydrogens (primary N) is 1. The first kappa shape index (κ1) is 27.6. The summed E-state index contributed by atoms with van der Waals surface area (Å²) in [4.78, 5) is 16.0. The standard InChI is InChI=1S/C29H36N8O3/c1-21-10-13-36(25-18-24(33-34-29(25)30)23-6-3-4-7-26(23)38)14-15-37(21)28-9-11-31-27(32-28)8-5-12-35-16-17-40-20-22(35)19-39-2/h3-4,6-7,9,11,18,21-22,38H,10,12-17,19-20H2,1-2H3,(H2,30,34)/t21-,22+/m1/s1. The molecule has 11 heteroatoms. The number of benzene rings is 1. The highest BCUT2D eigenvalue weighted by Gasteiger charge is 2.25. The highest BCUT2D eigenvalue weighted by Crippen LogP contribution is 2.32. The Morgan fingerprint density at radius 1 is 1.15 bits per heavy atom. The average Bonchev–Trinajstić information content (AvgIpc) is 3.16. The summed E-state index contributed by atoms with van der Waals surface area (Å²) in [7, 11) is 1.71. The quantitative estimate of drug-likeness (QED) is 0.443. The second kappa shape index (κ2) is 12.9.